The Morgan fingerprint density at radius 3 is 2.52 bits per heavy atom. The lowest BCUT2D eigenvalue weighted by Crippen LogP contribution is -2.32. The number of aromatic nitrogens is 2. The zero-order valence-corrected chi connectivity index (χ0v) is 13.5. The fourth-order valence-corrected chi connectivity index (χ4v) is 2.56. The van der Waals surface area contributed by atoms with Gasteiger partial charge in [0.05, 0.1) is 11.8 Å². The van der Waals surface area contributed by atoms with Crippen LogP contribution in [0.25, 0.3) is 0 Å². The molecular formula is C16H22ClN3O. The van der Waals surface area contributed by atoms with Crippen LogP contribution >= 0.6 is 11.6 Å². The second-order valence-corrected chi connectivity index (χ2v) is 5.61. The lowest BCUT2D eigenvalue weighted by molar-refractivity contribution is 0.175. The zero-order valence-electron chi connectivity index (χ0n) is 12.8. The van der Waals surface area contributed by atoms with Gasteiger partial charge in [-0.3, -0.25) is 4.68 Å². The van der Waals surface area contributed by atoms with Gasteiger partial charge >= 0.3 is 0 Å². The van der Waals surface area contributed by atoms with E-state index >= 15 is 0 Å². The van der Waals surface area contributed by atoms with Crippen molar-refractivity contribution in [3.63, 3.8) is 0 Å². The van der Waals surface area contributed by atoms with Crippen LogP contribution in [0.5, 0.6) is 0 Å². The van der Waals surface area contributed by atoms with Gasteiger partial charge in [0.2, 0.25) is 0 Å². The van der Waals surface area contributed by atoms with E-state index in [0.717, 1.165) is 23.4 Å². The summed E-state index contributed by atoms with van der Waals surface area (Å²) in [4.78, 5) is 2.14. The molecule has 0 amide bonds. The Balaban J connectivity index is 2.27. The highest BCUT2D eigenvalue weighted by Gasteiger charge is 2.17. The summed E-state index contributed by atoms with van der Waals surface area (Å²) in [6, 6.07) is 10.1. The quantitative estimate of drug-likeness (QED) is 0.891. The molecular weight excluding hydrogens is 286 g/mol. The zero-order chi connectivity index (χ0) is 15.4. The lowest BCUT2D eigenvalue weighted by Gasteiger charge is -2.27. The van der Waals surface area contributed by atoms with Gasteiger partial charge in [0.15, 0.2) is 0 Å². The van der Waals surface area contributed by atoms with Crippen LogP contribution in [-0.2, 0) is 13.6 Å². The number of rotatable bonds is 6. The van der Waals surface area contributed by atoms with Crippen LogP contribution in [0.15, 0.2) is 30.3 Å². The third-order valence-electron chi connectivity index (χ3n) is 3.64. The lowest BCUT2D eigenvalue weighted by atomic mass is 10.2. The molecule has 1 aromatic carbocycles. The Bertz CT molecular complexity index is 583. The van der Waals surface area contributed by atoms with Gasteiger partial charge in [-0.2, -0.15) is 5.10 Å². The van der Waals surface area contributed by atoms with Crippen molar-refractivity contribution < 1.29 is 5.11 Å². The number of hydrogen-bond acceptors (Lipinski definition) is 3. The molecule has 0 aliphatic heterocycles. The third-order valence-corrected chi connectivity index (χ3v) is 4.12. The van der Waals surface area contributed by atoms with Crippen LogP contribution in [0.4, 0.5) is 5.69 Å². The van der Waals surface area contributed by atoms with E-state index in [-0.39, 0.29) is 6.10 Å². The summed E-state index contributed by atoms with van der Waals surface area (Å²) < 4.78 is 1.69. The summed E-state index contributed by atoms with van der Waals surface area (Å²) in [5.41, 5.74) is 3.00. The minimum absolute atomic E-state index is 0.360. The average Bonchev–Trinajstić information content (AvgIpc) is 2.73. The van der Waals surface area contributed by atoms with Crippen LogP contribution in [0.2, 0.25) is 5.15 Å². The van der Waals surface area contributed by atoms with Crippen LogP contribution in [0.1, 0.15) is 24.6 Å². The topological polar surface area (TPSA) is 41.3 Å². The standard InChI is InChI=1S/C16H22ClN3O/c1-4-14(21)10-20(13-8-6-5-7-9-13)11-15-12(2)18-19(3)16(15)17/h5-9,14,21H,4,10-11H2,1-3H3. The average molecular weight is 308 g/mol. The van der Waals surface area contributed by atoms with Crippen molar-refractivity contribution in [2.75, 3.05) is 11.4 Å². The van der Waals surface area contributed by atoms with Crippen molar-refractivity contribution in [2.45, 2.75) is 32.9 Å². The maximum atomic E-state index is 10.0. The second kappa shape index (κ2) is 6.96. The van der Waals surface area contributed by atoms with E-state index in [1.54, 1.807) is 4.68 Å². The maximum Gasteiger partial charge on any atom is 0.131 e. The molecule has 0 saturated carbocycles. The van der Waals surface area contributed by atoms with Crippen molar-refractivity contribution in [3.05, 3.63) is 46.7 Å². The maximum absolute atomic E-state index is 10.0. The van der Waals surface area contributed by atoms with E-state index in [0.29, 0.717) is 18.2 Å². The van der Waals surface area contributed by atoms with Crippen LogP contribution in [0.3, 0.4) is 0 Å². The minimum Gasteiger partial charge on any atom is -0.391 e. The Morgan fingerprint density at radius 1 is 1.33 bits per heavy atom. The number of halogens is 1. The summed E-state index contributed by atoms with van der Waals surface area (Å²) in [5.74, 6) is 0. The number of aryl methyl sites for hydroxylation is 2. The molecule has 1 atom stereocenters. The van der Waals surface area contributed by atoms with Crippen LogP contribution in [-0.4, -0.2) is 27.5 Å². The molecule has 1 aromatic heterocycles. The molecule has 0 spiro atoms. The van der Waals surface area contributed by atoms with Crippen molar-refractivity contribution in [3.8, 4) is 0 Å². The summed E-state index contributed by atoms with van der Waals surface area (Å²) in [6.07, 6.45) is 0.365. The van der Waals surface area contributed by atoms with Gasteiger partial charge in [0.1, 0.15) is 5.15 Å². The molecule has 1 heterocycles. The van der Waals surface area contributed by atoms with Crippen molar-refractivity contribution in [1.29, 1.82) is 0 Å². The second-order valence-electron chi connectivity index (χ2n) is 5.26. The third kappa shape index (κ3) is 3.77. The van der Waals surface area contributed by atoms with Gasteiger partial charge < -0.3 is 10.0 Å². The monoisotopic (exact) mass is 307 g/mol. The van der Waals surface area contributed by atoms with Crippen LogP contribution < -0.4 is 4.90 Å². The predicted molar refractivity (Wildman–Crippen MR) is 86.7 cm³/mol. The Morgan fingerprint density at radius 2 is 2.00 bits per heavy atom. The van der Waals surface area contributed by atoms with Gasteiger partial charge in [-0.05, 0) is 25.5 Å². The first-order valence-electron chi connectivity index (χ1n) is 7.19. The number of anilines is 1. The van der Waals surface area contributed by atoms with E-state index < -0.39 is 0 Å². The summed E-state index contributed by atoms with van der Waals surface area (Å²) in [6.45, 7) is 5.15. The number of nitrogens with zero attached hydrogens (tertiary/aromatic N) is 3. The van der Waals surface area contributed by atoms with Crippen molar-refractivity contribution in [1.82, 2.24) is 9.78 Å². The molecule has 0 fully saturated rings. The fraction of sp³-hybridized carbons (Fsp3) is 0.438. The molecule has 114 valence electrons. The van der Waals surface area contributed by atoms with E-state index in [1.807, 2.05) is 51.2 Å². The Labute approximate surface area is 131 Å². The molecule has 21 heavy (non-hydrogen) atoms. The summed E-state index contributed by atoms with van der Waals surface area (Å²) in [5, 5.41) is 15.0. The number of para-hydroxylation sites is 1. The van der Waals surface area contributed by atoms with E-state index in [1.165, 1.54) is 0 Å². The highest BCUT2D eigenvalue weighted by atomic mass is 35.5. The highest BCUT2D eigenvalue weighted by Crippen LogP contribution is 2.24. The molecule has 2 rings (SSSR count). The first-order valence-corrected chi connectivity index (χ1v) is 7.56. The van der Waals surface area contributed by atoms with E-state index in [4.69, 9.17) is 11.6 Å². The van der Waals surface area contributed by atoms with E-state index in [9.17, 15) is 5.11 Å². The molecule has 2 aromatic rings. The summed E-state index contributed by atoms with van der Waals surface area (Å²) >= 11 is 6.33. The number of aliphatic hydroxyl groups excluding tert-OH is 1. The normalized spacial score (nSPS) is 12.4. The minimum atomic E-state index is -0.360. The molecule has 0 bridgehead atoms. The van der Waals surface area contributed by atoms with Gasteiger partial charge in [-0.25, -0.2) is 0 Å². The molecule has 0 radical (unpaired) electrons. The highest BCUT2D eigenvalue weighted by molar-refractivity contribution is 6.30. The van der Waals surface area contributed by atoms with Gasteiger partial charge in [0, 0.05) is 31.4 Å². The first-order chi connectivity index (χ1) is 10.0. The van der Waals surface area contributed by atoms with E-state index in [2.05, 4.69) is 10.00 Å². The Hall–Kier alpha value is -1.52. The van der Waals surface area contributed by atoms with Gasteiger partial charge in [-0.15, -0.1) is 0 Å². The fourth-order valence-electron chi connectivity index (χ4n) is 2.33. The molecule has 4 nitrogen and oxygen atoms in total. The largest absolute Gasteiger partial charge is 0.391 e. The van der Waals surface area contributed by atoms with Gasteiger partial charge in [0.25, 0.3) is 0 Å². The number of hydrogen-bond donors (Lipinski definition) is 1. The Kier molecular flexibility index (Phi) is 5.26. The number of aliphatic hydroxyl groups is 1. The van der Waals surface area contributed by atoms with Gasteiger partial charge in [-0.1, -0.05) is 36.7 Å². The molecule has 0 aliphatic rings. The molecule has 0 aliphatic carbocycles. The number of benzene rings is 1. The van der Waals surface area contributed by atoms with Crippen LogP contribution in [0, 0.1) is 6.92 Å². The first kappa shape index (κ1) is 15.9. The molecule has 1 unspecified atom stereocenters. The SMILES string of the molecule is CCC(O)CN(Cc1c(C)nn(C)c1Cl)c1ccccc1. The molecule has 5 heteroatoms. The molecule has 1 N–H and O–H groups in total. The smallest absolute Gasteiger partial charge is 0.131 e. The molecule has 0 saturated heterocycles. The summed E-state index contributed by atoms with van der Waals surface area (Å²) in [7, 11) is 1.84. The van der Waals surface area contributed by atoms with Crippen molar-refractivity contribution in [2.24, 2.45) is 7.05 Å². The predicted octanol–water partition coefficient (Wildman–Crippen LogP) is 3.16. The van der Waals surface area contributed by atoms with Crippen molar-refractivity contribution >= 4 is 17.3 Å².